The first-order valence-electron chi connectivity index (χ1n) is 5.46. The summed E-state index contributed by atoms with van der Waals surface area (Å²) in [5.41, 5.74) is 3.41. The zero-order valence-corrected chi connectivity index (χ0v) is 9.09. The van der Waals surface area contributed by atoms with Crippen LogP contribution in [0.15, 0.2) is 12.5 Å². The zero-order valence-electron chi connectivity index (χ0n) is 9.09. The molecular weight excluding hydrogens is 204 g/mol. The molecule has 1 unspecified atom stereocenters. The number of hydrazine groups is 1. The summed E-state index contributed by atoms with van der Waals surface area (Å²) >= 11 is 0. The zero-order chi connectivity index (χ0) is 11.1. The average Bonchev–Trinajstić information content (AvgIpc) is 3.07. The van der Waals surface area contributed by atoms with Gasteiger partial charge in [-0.2, -0.15) is 5.10 Å². The summed E-state index contributed by atoms with van der Waals surface area (Å²) < 4.78 is 1.97. The van der Waals surface area contributed by atoms with Crippen molar-refractivity contribution in [2.45, 2.75) is 25.8 Å². The van der Waals surface area contributed by atoms with Gasteiger partial charge in [0.1, 0.15) is 6.33 Å². The molecule has 0 aliphatic heterocycles. The van der Waals surface area contributed by atoms with E-state index in [1.807, 2.05) is 4.68 Å². The Hall–Kier alpha value is -1.69. The van der Waals surface area contributed by atoms with Crippen LogP contribution in [0.3, 0.4) is 0 Å². The van der Waals surface area contributed by atoms with Crippen molar-refractivity contribution in [2.75, 3.05) is 5.43 Å². The molecule has 2 heterocycles. The maximum Gasteiger partial charge on any atom is 0.163 e. The van der Waals surface area contributed by atoms with Crippen molar-refractivity contribution in [3.8, 4) is 0 Å². The molecular formula is C10H14N6. The van der Waals surface area contributed by atoms with Crippen LogP contribution in [0, 0.1) is 5.92 Å². The highest BCUT2D eigenvalue weighted by atomic mass is 15.3. The summed E-state index contributed by atoms with van der Waals surface area (Å²) in [5.74, 6) is 6.76. The van der Waals surface area contributed by atoms with Crippen molar-refractivity contribution in [1.82, 2.24) is 19.7 Å². The van der Waals surface area contributed by atoms with Gasteiger partial charge in [-0.1, -0.05) is 0 Å². The summed E-state index contributed by atoms with van der Waals surface area (Å²) in [6, 6.07) is 0.401. The fourth-order valence-electron chi connectivity index (χ4n) is 2.05. The topological polar surface area (TPSA) is 81.7 Å². The van der Waals surface area contributed by atoms with E-state index in [9.17, 15) is 0 Å². The van der Waals surface area contributed by atoms with Gasteiger partial charge in [0.2, 0.25) is 0 Å². The van der Waals surface area contributed by atoms with Crippen molar-refractivity contribution >= 4 is 16.9 Å². The van der Waals surface area contributed by atoms with Crippen molar-refractivity contribution in [1.29, 1.82) is 0 Å². The number of nitrogens with two attached hydrogens (primary N) is 1. The van der Waals surface area contributed by atoms with Crippen LogP contribution >= 0.6 is 0 Å². The van der Waals surface area contributed by atoms with Gasteiger partial charge in [-0.05, 0) is 25.7 Å². The Morgan fingerprint density at radius 2 is 2.31 bits per heavy atom. The van der Waals surface area contributed by atoms with Crippen molar-refractivity contribution in [3.05, 3.63) is 12.5 Å². The first kappa shape index (κ1) is 9.53. The Morgan fingerprint density at radius 1 is 1.50 bits per heavy atom. The number of rotatable bonds is 3. The highest BCUT2D eigenvalue weighted by molar-refractivity contribution is 5.85. The van der Waals surface area contributed by atoms with Crippen LogP contribution in [-0.2, 0) is 0 Å². The van der Waals surface area contributed by atoms with Crippen molar-refractivity contribution in [2.24, 2.45) is 11.8 Å². The summed E-state index contributed by atoms with van der Waals surface area (Å²) in [6.07, 6.45) is 5.85. The molecule has 2 aromatic rings. The lowest BCUT2D eigenvalue weighted by atomic mass is 10.2. The molecule has 84 valence electrons. The predicted molar refractivity (Wildman–Crippen MR) is 60.6 cm³/mol. The molecule has 1 saturated carbocycles. The average molecular weight is 218 g/mol. The smallest absolute Gasteiger partial charge is 0.163 e. The second-order valence-electron chi connectivity index (χ2n) is 4.27. The van der Waals surface area contributed by atoms with E-state index in [-0.39, 0.29) is 0 Å². The summed E-state index contributed by atoms with van der Waals surface area (Å²) in [5, 5.41) is 5.26. The van der Waals surface area contributed by atoms with Gasteiger partial charge in [0.05, 0.1) is 17.6 Å². The van der Waals surface area contributed by atoms with Gasteiger partial charge in [-0.25, -0.2) is 20.5 Å². The Bertz CT molecular complexity index is 515. The summed E-state index contributed by atoms with van der Waals surface area (Å²) in [7, 11) is 0. The number of aromatic nitrogens is 4. The number of nitrogens with zero attached hydrogens (tertiary/aromatic N) is 4. The molecule has 6 nitrogen and oxygen atoms in total. The van der Waals surface area contributed by atoms with Gasteiger partial charge in [-0.15, -0.1) is 0 Å². The molecule has 1 atom stereocenters. The monoisotopic (exact) mass is 218 g/mol. The molecule has 0 saturated heterocycles. The Labute approximate surface area is 92.8 Å². The largest absolute Gasteiger partial charge is 0.308 e. The number of anilines is 1. The van der Waals surface area contributed by atoms with E-state index >= 15 is 0 Å². The molecule has 0 amide bonds. The van der Waals surface area contributed by atoms with E-state index in [2.05, 4.69) is 27.4 Å². The second-order valence-corrected chi connectivity index (χ2v) is 4.27. The molecule has 0 aromatic carbocycles. The quantitative estimate of drug-likeness (QED) is 0.595. The number of hydrogen-bond donors (Lipinski definition) is 2. The first-order chi connectivity index (χ1) is 7.81. The van der Waals surface area contributed by atoms with Gasteiger partial charge >= 0.3 is 0 Å². The van der Waals surface area contributed by atoms with Crippen LogP contribution in [0.2, 0.25) is 0 Å². The third-order valence-corrected chi connectivity index (χ3v) is 3.22. The lowest BCUT2D eigenvalue weighted by Crippen LogP contribution is -2.11. The summed E-state index contributed by atoms with van der Waals surface area (Å²) in [6.45, 7) is 2.18. The number of nitrogen functional groups attached to an aromatic ring is 1. The third-order valence-electron chi connectivity index (χ3n) is 3.22. The molecule has 1 fully saturated rings. The fourth-order valence-corrected chi connectivity index (χ4v) is 2.05. The van der Waals surface area contributed by atoms with Gasteiger partial charge in [0.15, 0.2) is 11.5 Å². The predicted octanol–water partition coefficient (Wildman–Crippen LogP) is 1.08. The number of fused-ring (bicyclic) bond motifs is 1. The van der Waals surface area contributed by atoms with E-state index in [0.29, 0.717) is 11.9 Å². The lowest BCUT2D eigenvalue weighted by Gasteiger charge is -2.11. The van der Waals surface area contributed by atoms with Gasteiger partial charge in [0.25, 0.3) is 0 Å². The number of nitrogens with one attached hydrogen (secondary N) is 1. The highest BCUT2D eigenvalue weighted by Gasteiger charge is 2.30. The first-order valence-corrected chi connectivity index (χ1v) is 5.46. The molecule has 1 aliphatic carbocycles. The van der Waals surface area contributed by atoms with E-state index in [1.165, 1.54) is 19.2 Å². The van der Waals surface area contributed by atoms with E-state index in [0.717, 1.165) is 17.0 Å². The number of hydrogen-bond acceptors (Lipinski definition) is 5. The Balaban J connectivity index is 2.12. The second kappa shape index (κ2) is 3.41. The molecule has 0 spiro atoms. The van der Waals surface area contributed by atoms with E-state index < -0.39 is 0 Å². The third kappa shape index (κ3) is 1.34. The minimum absolute atomic E-state index is 0.401. The van der Waals surface area contributed by atoms with Crippen LogP contribution in [0.5, 0.6) is 0 Å². The highest BCUT2D eigenvalue weighted by Crippen LogP contribution is 2.40. The fraction of sp³-hybridized carbons (Fsp3) is 0.500. The van der Waals surface area contributed by atoms with Gasteiger partial charge < -0.3 is 5.43 Å². The van der Waals surface area contributed by atoms with E-state index in [4.69, 9.17) is 5.84 Å². The minimum atomic E-state index is 0.401. The maximum atomic E-state index is 5.40. The van der Waals surface area contributed by atoms with E-state index in [1.54, 1.807) is 6.20 Å². The van der Waals surface area contributed by atoms with Gasteiger partial charge in [0, 0.05) is 0 Å². The SMILES string of the molecule is CC(C1CC1)n1ncc2c(NN)ncnc21. The molecule has 16 heavy (non-hydrogen) atoms. The molecule has 0 radical (unpaired) electrons. The van der Waals surface area contributed by atoms with Gasteiger partial charge in [-0.3, -0.25) is 0 Å². The normalized spacial score (nSPS) is 17.6. The Kier molecular flexibility index (Phi) is 2.03. The lowest BCUT2D eigenvalue weighted by molar-refractivity contribution is 0.450. The van der Waals surface area contributed by atoms with Crippen LogP contribution in [0.1, 0.15) is 25.8 Å². The van der Waals surface area contributed by atoms with Crippen LogP contribution in [0.25, 0.3) is 11.0 Å². The van der Waals surface area contributed by atoms with Crippen LogP contribution in [-0.4, -0.2) is 19.7 Å². The maximum absolute atomic E-state index is 5.40. The Morgan fingerprint density at radius 3 is 3.00 bits per heavy atom. The molecule has 2 aromatic heterocycles. The van der Waals surface area contributed by atoms with Crippen molar-refractivity contribution in [3.63, 3.8) is 0 Å². The van der Waals surface area contributed by atoms with Crippen LogP contribution < -0.4 is 11.3 Å². The summed E-state index contributed by atoms with van der Waals surface area (Å²) in [4.78, 5) is 8.33. The molecule has 6 heteroatoms. The van der Waals surface area contributed by atoms with Crippen LogP contribution in [0.4, 0.5) is 5.82 Å². The molecule has 0 bridgehead atoms. The van der Waals surface area contributed by atoms with Crippen molar-refractivity contribution < 1.29 is 0 Å². The molecule has 3 rings (SSSR count). The minimum Gasteiger partial charge on any atom is -0.308 e. The standard InChI is InChI=1S/C10H14N6/c1-6(7-2-3-7)16-10-8(4-14-16)9(15-11)12-5-13-10/h4-7H,2-3,11H2,1H3,(H,12,13,15). The molecule has 3 N–H and O–H groups in total. The molecule has 1 aliphatic rings.